The molecule has 0 aliphatic heterocycles. The van der Waals surface area contributed by atoms with Crippen molar-refractivity contribution >= 4 is 44.0 Å². The van der Waals surface area contributed by atoms with Crippen LogP contribution in [-0.4, -0.2) is 25.4 Å². The maximum Gasteiger partial charge on any atom is 0.257 e. The first-order valence-electron chi connectivity index (χ1n) is 8.50. The van der Waals surface area contributed by atoms with Gasteiger partial charge in [0.05, 0.1) is 15.6 Å². The number of aromatic nitrogens is 1. The Morgan fingerprint density at radius 2 is 1.86 bits per heavy atom. The normalized spacial score (nSPS) is 11.6. The molecular weight excluding hydrogens is 437 g/mol. The summed E-state index contributed by atoms with van der Waals surface area (Å²) in [4.78, 5) is 16.8. The molecule has 0 saturated heterocycles. The molecule has 0 bridgehead atoms. The average Bonchev–Trinajstić information content (AvgIpc) is 3.11. The molecule has 0 saturated carbocycles. The summed E-state index contributed by atoms with van der Waals surface area (Å²) in [6.45, 7) is 3.45. The number of nitrogens with one attached hydrogen (secondary N) is 2. The van der Waals surface area contributed by atoms with Crippen molar-refractivity contribution in [3.05, 3.63) is 64.2 Å². The van der Waals surface area contributed by atoms with E-state index in [0.29, 0.717) is 16.4 Å². The molecule has 6 nitrogen and oxygen atoms in total. The lowest BCUT2D eigenvalue weighted by Crippen LogP contribution is -2.30. The van der Waals surface area contributed by atoms with Crippen molar-refractivity contribution < 1.29 is 17.6 Å². The van der Waals surface area contributed by atoms with Crippen molar-refractivity contribution in [3.8, 4) is 11.3 Å². The summed E-state index contributed by atoms with van der Waals surface area (Å²) in [6, 6.07) is 9.61. The highest BCUT2D eigenvalue weighted by Crippen LogP contribution is 2.28. The zero-order valence-electron chi connectivity index (χ0n) is 15.4. The van der Waals surface area contributed by atoms with Crippen LogP contribution in [0.3, 0.4) is 0 Å². The van der Waals surface area contributed by atoms with Crippen LogP contribution in [-0.2, 0) is 10.0 Å². The van der Waals surface area contributed by atoms with Crippen molar-refractivity contribution in [1.82, 2.24) is 9.71 Å². The van der Waals surface area contributed by atoms with Gasteiger partial charge in [0.15, 0.2) is 5.13 Å². The third-order valence-corrected chi connectivity index (χ3v) is 6.48. The number of thiazole rings is 1. The fraction of sp³-hybridized carbons (Fsp3) is 0.158. The quantitative estimate of drug-likeness (QED) is 0.573. The van der Waals surface area contributed by atoms with Gasteiger partial charge in [-0.1, -0.05) is 11.6 Å². The molecule has 0 atom stereocenters. The Morgan fingerprint density at radius 1 is 1.17 bits per heavy atom. The second kappa shape index (κ2) is 8.58. The number of carbonyl (C=O) groups excluding carboxylic acids is 1. The first-order chi connectivity index (χ1) is 13.7. The average molecular weight is 454 g/mol. The van der Waals surface area contributed by atoms with Crippen molar-refractivity contribution in [1.29, 1.82) is 0 Å². The summed E-state index contributed by atoms with van der Waals surface area (Å²) in [5.74, 6) is -0.947. The molecule has 3 aromatic rings. The van der Waals surface area contributed by atoms with Gasteiger partial charge in [0.2, 0.25) is 10.0 Å². The molecule has 0 aliphatic carbocycles. The number of hydrogen-bond donors (Lipinski definition) is 2. The van der Waals surface area contributed by atoms with Crippen LogP contribution in [0.2, 0.25) is 5.02 Å². The first kappa shape index (κ1) is 21.4. The van der Waals surface area contributed by atoms with Gasteiger partial charge in [0.1, 0.15) is 5.82 Å². The van der Waals surface area contributed by atoms with Crippen LogP contribution in [0.4, 0.5) is 9.52 Å². The van der Waals surface area contributed by atoms with Gasteiger partial charge in [-0.25, -0.2) is 22.5 Å². The molecule has 0 unspecified atom stereocenters. The summed E-state index contributed by atoms with van der Waals surface area (Å²) >= 11 is 7.00. The van der Waals surface area contributed by atoms with Crippen LogP contribution in [0.1, 0.15) is 24.2 Å². The maximum absolute atomic E-state index is 13.3. The Kier molecular flexibility index (Phi) is 6.33. The molecule has 2 aromatic carbocycles. The van der Waals surface area contributed by atoms with Crippen molar-refractivity contribution in [3.63, 3.8) is 0 Å². The minimum atomic E-state index is -3.62. The van der Waals surface area contributed by atoms with E-state index in [1.54, 1.807) is 25.3 Å². The SMILES string of the molecule is CC(C)NS(=O)(=O)c1ccc(C(=O)Nc2nc(-c3ccc(F)c(Cl)c3)cs2)cc1. The van der Waals surface area contributed by atoms with Crippen molar-refractivity contribution in [2.45, 2.75) is 24.8 Å². The molecule has 0 radical (unpaired) electrons. The van der Waals surface area contributed by atoms with Gasteiger partial charge in [-0.2, -0.15) is 0 Å². The van der Waals surface area contributed by atoms with Crippen molar-refractivity contribution in [2.24, 2.45) is 0 Å². The number of rotatable bonds is 6. The number of nitrogens with zero attached hydrogens (tertiary/aromatic N) is 1. The first-order valence-corrected chi connectivity index (χ1v) is 11.2. The van der Waals surface area contributed by atoms with Gasteiger partial charge < -0.3 is 0 Å². The van der Waals surface area contributed by atoms with Crippen LogP contribution in [0.25, 0.3) is 11.3 Å². The molecule has 1 amide bonds. The second-order valence-corrected chi connectivity index (χ2v) is 9.40. The number of benzene rings is 2. The minimum Gasteiger partial charge on any atom is -0.298 e. The maximum atomic E-state index is 13.3. The largest absolute Gasteiger partial charge is 0.298 e. The predicted molar refractivity (Wildman–Crippen MR) is 112 cm³/mol. The number of halogens is 2. The molecule has 0 aliphatic rings. The Labute approximate surface area is 176 Å². The third-order valence-electron chi connectivity index (χ3n) is 3.76. The molecule has 1 heterocycles. The van der Waals surface area contributed by atoms with Crippen molar-refractivity contribution in [2.75, 3.05) is 5.32 Å². The molecule has 2 N–H and O–H groups in total. The lowest BCUT2D eigenvalue weighted by molar-refractivity contribution is 0.102. The summed E-state index contributed by atoms with van der Waals surface area (Å²) in [5.41, 5.74) is 1.46. The molecular formula is C19H17ClFN3O3S2. The Hall–Kier alpha value is -2.33. The summed E-state index contributed by atoms with van der Waals surface area (Å²) in [5, 5.41) is 4.72. The van der Waals surface area contributed by atoms with Crippen LogP contribution in [0.15, 0.2) is 52.7 Å². The van der Waals surface area contributed by atoms with Gasteiger partial charge in [0, 0.05) is 22.5 Å². The summed E-state index contributed by atoms with van der Waals surface area (Å²) in [7, 11) is -3.62. The highest BCUT2D eigenvalue weighted by atomic mass is 35.5. The minimum absolute atomic E-state index is 0.0110. The summed E-state index contributed by atoms with van der Waals surface area (Å²) < 4.78 is 40.1. The third kappa shape index (κ3) is 5.18. The van der Waals surface area contributed by atoms with E-state index in [0.717, 1.165) is 0 Å². The van der Waals surface area contributed by atoms with Crippen LogP contribution < -0.4 is 10.0 Å². The second-order valence-electron chi connectivity index (χ2n) is 6.42. The fourth-order valence-electron chi connectivity index (χ4n) is 2.45. The Morgan fingerprint density at radius 3 is 2.48 bits per heavy atom. The molecule has 152 valence electrons. The number of sulfonamides is 1. The topological polar surface area (TPSA) is 88.2 Å². The standard InChI is InChI=1S/C19H17ClFN3O3S2/c1-11(2)24-29(26,27)14-6-3-12(4-7-14)18(25)23-19-22-17(10-28-19)13-5-8-16(21)15(20)9-13/h3-11,24H,1-2H3,(H,22,23,25). The Balaban J connectivity index is 1.72. The molecule has 3 rings (SSSR count). The lowest BCUT2D eigenvalue weighted by Gasteiger charge is -2.10. The van der Waals surface area contributed by atoms with Crippen LogP contribution in [0.5, 0.6) is 0 Å². The molecule has 29 heavy (non-hydrogen) atoms. The van der Waals surface area contributed by atoms with E-state index in [-0.39, 0.29) is 21.5 Å². The van der Waals surface area contributed by atoms with Gasteiger partial charge in [-0.3, -0.25) is 10.1 Å². The molecule has 1 aromatic heterocycles. The fourth-order valence-corrected chi connectivity index (χ4v) is 4.60. The van der Waals surface area contributed by atoms with E-state index in [1.165, 1.54) is 47.7 Å². The smallest absolute Gasteiger partial charge is 0.257 e. The van der Waals surface area contributed by atoms with Gasteiger partial charge in [-0.05, 0) is 56.3 Å². The number of hydrogen-bond acceptors (Lipinski definition) is 5. The van der Waals surface area contributed by atoms with E-state index in [2.05, 4.69) is 15.0 Å². The number of carbonyl (C=O) groups is 1. The molecule has 0 spiro atoms. The van der Waals surface area contributed by atoms with Crippen LogP contribution >= 0.6 is 22.9 Å². The van der Waals surface area contributed by atoms with Gasteiger partial charge >= 0.3 is 0 Å². The Bertz CT molecular complexity index is 1150. The number of amides is 1. The monoisotopic (exact) mass is 453 g/mol. The van der Waals surface area contributed by atoms with E-state index in [9.17, 15) is 17.6 Å². The highest BCUT2D eigenvalue weighted by molar-refractivity contribution is 7.89. The zero-order chi connectivity index (χ0) is 21.2. The highest BCUT2D eigenvalue weighted by Gasteiger charge is 2.17. The van der Waals surface area contributed by atoms with E-state index in [4.69, 9.17) is 11.6 Å². The number of anilines is 1. The van der Waals surface area contributed by atoms with E-state index < -0.39 is 21.7 Å². The lowest BCUT2D eigenvalue weighted by atomic mass is 10.2. The molecule has 0 fully saturated rings. The van der Waals surface area contributed by atoms with E-state index >= 15 is 0 Å². The van der Waals surface area contributed by atoms with Crippen LogP contribution in [0, 0.1) is 5.82 Å². The predicted octanol–water partition coefficient (Wildman–Crippen LogP) is 4.54. The van der Waals surface area contributed by atoms with Gasteiger partial charge in [-0.15, -0.1) is 11.3 Å². The molecule has 10 heteroatoms. The van der Waals surface area contributed by atoms with E-state index in [1.807, 2.05) is 0 Å². The summed E-state index contributed by atoms with van der Waals surface area (Å²) in [6.07, 6.45) is 0. The van der Waals surface area contributed by atoms with Gasteiger partial charge in [0.25, 0.3) is 5.91 Å². The zero-order valence-corrected chi connectivity index (χ0v) is 17.8.